The average Bonchev–Trinajstić information content (AvgIpc) is 2.91. The van der Waals surface area contributed by atoms with Crippen LogP contribution in [0.2, 0.25) is 0 Å². The van der Waals surface area contributed by atoms with E-state index in [9.17, 15) is 4.79 Å². The number of rotatable bonds is 2. The molecule has 0 bridgehead atoms. The molecule has 1 amide bonds. The van der Waals surface area contributed by atoms with Crippen LogP contribution in [-0.2, 0) is 0 Å². The van der Waals surface area contributed by atoms with Crippen molar-refractivity contribution < 1.29 is 9.21 Å². The van der Waals surface area contributed by atoms with E-state index in [1.807, 2.05) is 56.3 Å². The molecule has 0 radical (unpaired) electrons. The summed E-state index contributed by atoms with van der Waals surface area (Å²) in [4.78, 5) is 12.7. The van der Waals surface area contributed by atoms with Crippen LogP contribution < -0.4 is 5.32 Å². The van der Waals surface area contributed by atoms with Crippen molar-refractivity contribution in [1.29, 1.82) is 0 Å². The Labute approximate surface area is 146 Å². The summed E-state index contributed by atoms with van der Waals surface area (Å²) in [6.07, 6.45) is 0. The standard InChI is InChI=1S/C22H19NO2/c1-13-10-19-15(3)21(25-20(19)11-14(13)2)22(24)23-18-9-8-16-6-4-5-7-17(16)12-18/h4-12H,1-3H3,(H,23,24). The van der Waals surface area contributed by atoms with E-state index in [4.69, 9.17) is 4.42 Å². The maximum Gasteiger partial charge on any atom is 0.291 e. The monoisotopic (exact) mass is 329 g/mol. The third-order valence-corrected chi connectivity index (χ3v) is 4.77. The number of fused-ring (bicyclic) bond motifs is 2. The molecule has 0 spiro atoms. The minimum absolute atomic E-state index is 0.223. The molecular weight excluding hydrogens is 310 g/mol. The first-order chi connectivity index (χ1) is 12.0. The lowest BCUT2D eigenvalue weighted by Gasteiger charge is -2.05. The van der Waals surface area contributed by atoms with Crippen molar-refractivity contribution in [3.05, 3.63) is 77.0 Å². The van der Waals surface area contributed by atoms with Crippen LogP contribution in [-0.4, -0.2) is 5.91 Å². The van der Waals surface area contributed by atoms with Crippen LogP contribution >= 0.6 is 0 Å². The fraction of sp³-hybridized carbons (Fsp3) is 0.136. The predicted molar refractivity (Wildman–Crippen MR) is 102 cm³/mol. The minimum Gasteiger partial charge on any atom is -0.451 e. The number of nitrogens with one attached hydrogen (secondary N) is 1. The first-order valence-electron chi connectivity index (χ1n) is 8.33. The Morgan fingerprint density at radius 2 is 1.60 bits per heavy atom. The summed E-state index contributed by atoms with van der Waals surface area (Å²) in [5.41, 5.74) is 4.73. The third kappa shape index (κ3) is 2.68. The summed E-state index contributed by atoms with van der Waals surface area (Å²) in [5.74, 6) is 0.146. The molecule has 124 valence electrons. The van der Waals surface area contributed by atoms with E-state index < -0.39 is 0 Å². The molecule has 1 heterocycles. The van der Waals surface area contributed by atoms with Crippen molar-refractivity contribution in [3.63, 3.8) is 0 Å². The number of aryl methyl sites for hydroxylation is 3. The highest BCUT2D eigenvalue weighted by atomic mass is 16.3. The lowest BCUT2D eigenvalue weighted by molar-refractivity contribution is 0.0998. The molecule has 0 atom stereocenters. The van der Waals surface area contributed by atoms with E-state index in [0.717, 1.165) is 38.6 Å². The van der Waals surface area contributed by atoms with Gasteiger partial charge in [-0.1, -0.05) is 30.3 Å². The molecule has 4 aromatic rings. The number of furan rings is 1. The van der Waals surface area contributed by atoms with Crippen LogP contribution in [0.4, 0.5) is 5.69 Å². The highest BCUT2D eigenvalue weighted by Gasteiger charge is 2.18. The van der Waals surface area contributed by atoms with Crippen LogP contribution in [0.5, 0.6) is 0 Å². The van der Waals surface area contributed by atoms with Gasteiger partial charge < -0.3 is 9.73 Å². The third-order valence-electron chi connectivity index (χ3n) is 4.77. The number of carbonyl (C=O) groups is 1. The largest absolute Gasteiger partial charge is 0.451 e. The maximum absolute atomic E-state index is 12.7. The number of benzene rings is 3. The molecule has 0 aliphatic heterocycles. The van der Waals surface area contributed by atoms with E-state index in [0.29, 0.717) is 5.76 Å². The summed E-state index contributed by atoms with van der Waals surface area (Å²) in [6.45, 7) is 6.04. The fourth-order valence-corrected chi connectivity index (χ4v) is 3.15. The highest BCUT2D eigenvalue weighted by Crippen LogP contribution is 2.29. The van der Waals surface area contributed by atoms with Crippen LogP contribution in [0.25, 0.3) is 21.7 Å². The first kappa shape index (κ1) is 15.5. The van der Waals surface area contributed by atoms with Gasteiger partial charge in [0.05, 0.1) is 0 Å². The molecule has 25 heavy (non-hydrogen) atoms. The molecule has 0 fully saturated rings. The molecule has 3 heteroatoms. The van der Waals surface area contributed by atoms with Gasteiger partial charge in [-0.25, -0.2) is 0 Å². The molecule has 0 aliphatic rings. The van der Waals surface area contributed by atoms with Crippen LogP contribution in [0.1, 0.15) is 27.2 Å². The number of hydrogen-bond acceptors (Lipinski definition) is 2. The van der Waals surface area contributed by atoms with Crippen molar-refractivity contribution >= 4 is 33.3 Å². The fourth-order valence-electron chi connectivity index (χ4n) is 3.15. The summed E-state index contributed by atoms with van der Waals surface area (Å²) in [7, 11) is 0. The van der Waals surface area contributed by atoms with Crippen LogP contribution in [0.3, 0.4) is 0 Å². The Bertz CT molecular complexity index is 1120. The number of amides is 1. The van der Waals surface area contributed by atoms with E-state index in [-0.39, 0.29) is 5.91 Å². The molecular formula is C22H19NO2. The lowest BCUT2D eigenvalue weighted by Crippen LogP contribution is -2.12. The highest BCUT2D eigenvalue weighted by molar-refractivity contribution is 6.07. The Kier molecular flexibility index (Phi) is 3.57. The van der Waals surface area contributed by atoms with Crippen molar-refractivity contribution in [2.45, 2.75) is 20.8 Å². The second-order valence-corrected chi connectivity index (χ2v) is 6.50. The van der Waals surface area contributed by atoms with Gasteiger partial charge in [0.15, 0.2) is 5.76 Å². The maximum atomic E-state index is 12.7. The number of anilines is 1. The zero-order valence-electron chi connectivity index (χ0n) is 14.5. The van der Waals surface area contributed by atoms with E-state index in [1.165, 1.54) is 5.56 Å². The van der Waals surface area contributed by atoms with E-state index in [1.54, 1.807) is 0 Å². The van der Waals surface area contributed by atoms with Crippen molar-refractivity contribution in [2.75, 3.05) is 5.32 Å². The van der Waals surface area contributed by atoms with Gasteiger partial charge in [-0.05, 0) is 66.9 Å². The zero-order chi connectivity index (χ0) is 17.6. The molecule has 3 nitrogen and oxygen atoms in total. The second kappa shape index (κ2) is 5.78. The summed E-state index contributed by atoms with van der Waals surface area (Å²) in [5, 5.41) is 6.18. The van der Waals surface area contributed by atoms with Gasteiger partial charge >= 0.3 is 0 Å². The number of carbonyl (C=O) groups excluding carboxylic acids is 1. The average molecular weight is 329 g/mol. The van der Waals surface area contributed by atoms with Gasteiger partial charge in [0, 0.05) is 16.6 Å². The normalized spacial score (nSPS) is 11.2. The summed E-state index contributed by atoms with van der Waals surface area (Å²) in [6, 6.07) is 18.0. The van der Waals surface area contributed by atoms with Gasteiger partial charge in [0.2, 0.25) is 0 Å². The number of hydrogen-bond donors (Lipinski definition) is 1. The summed E-state index contributed by atoms with van der Waals surface area (Å²) < 4.78 is 5.84. The smallest absolute Gasteiger partial charge is 0.291 e. The van der Waals surface area contributed by atoms with Gasteiger partial charge in [-0.3, -0.25) is 4.79 Å². The van der Waals surface area contributed by atoms with Gasteiger partial charge in [0.25, 0.3) is 5.91 Å². The molecule has 0 aliphatic carbocycles. The van der Waals surface area contributed by atoms with E-state index in [2.05, 4.69) is 24.4 Å². The van der Waals surface area contributed by atoms with Gasteiger partial charge in [-0.2, -0.15) is 0 Å². The molecule has 1 N–H and O–H groups in total. The Morgan fingerprint density at radius 3 is 2.40 bits per heavy atom. The summed E-state index contributed by atoms with van der Waals surface area (Å²) >= 11 is 0. The predicted octanol–water partition coefficient (Wildman–Crippen LogP) is 5.76. The first-order valence-corrected chi connectivity index (χ1v) is 8.33. The SMILES string of the molecule is Cc1cc2oc(C(=O)Nc3ccc4ccccc4c3)c(C)c2cc1C. The Hall–Kier alpha value is -3.07. The van der Waals surface area contributed by atoms with Crippen molar-refractivity contribution in [3.8, 4) is 0 Å². The quantitative estimate of drug-likeness (QED) is 0.508. The molecule has 0 saturated carbocycles. The molecule has 1 aromatic heterocycles. The second-order valence-electron chi connectivity index (χ2n) is 6.50. The minimum atomic E-state index is -0.223. The zero-order valence-corrected chi connectivity index (χ0v) is 14.5. The van der Waals surface area contributed by atoms with Crippen LogP contribution in [0.15, 0.2) is 59.0 Å². The molecule has 0 unspecified atom stereocenters. The Balaban J connectivity index is 1.70. The molecule has 0 saturated heterocycles. The van der Waals surface area contributed by atoms with Crippen LogP contribution in [0, 0.1) is 20.8 Å². The van der Waals surface area contributed by atoms with Crippen molar-refractivity contribution in [2.24, 2.45) is 0 Å². The van der Waals surface area contributed by atoms with Crippen molar-refractivity contribution in [1.82, 2.24) is 0 Å². The van der Waals surface area contributed by atoms with Gasteiger partial charge in [0.1, 0.15) is 5.58 Å². The lowest BCUT2D eigenvalue weighted by atomic mass is 10.0. The molecule has 4 rings (SSSR count). The van der Waals surface area contributed by atoms with Gasteiger partial charge in [-0.15, -0.1) is 0 Å². The topological polar surface area (TPSA) is 42.2 Å². The van der Waals surface area contributed by atoms with E-state index >= 15 is 0 Å². The molecule has 3 aromatic carbocycles. The Morgan fingerprint density at radius 1 is 0.880 bits per heavy atom.